The monoisotopic (exact) mass is 292 g/mol. The Labute approximate surface area is 122 Å². The van der Waals surface area contributed by atoms with Crippen LogP contribution in [0.3, 0.4) is 0 Å². The van der Waals surface area contributed by atoms with E-state index < -0.39 is 23.3 Å². The third kappa shape index (κ3) is 2.37. The van der Waals surface area contributed by atoms with Crippen molar-refractivity contribution in [2.24, 2.45) is 5.41 Å². The number of hydrogen-bond donors (Lipinski definition) is 0. The van der Waals surface area contributed by atoms with Crippen LogP contribution in [-0.2, 0) is 36.6 Å². The van der Waals surface area contributed by atoms with Gasteiger partial charge in [-0.2, -0.15) is 0 Å². The molecular formula is C15H16O6. The van der Waals surface area contributed by atoms with Gasteiger partial charge in [0, 0.05) is 0 Å². The van der Waals surface area contributed by atoms with Crippen LogP contribution >= 0.6 is 0 Å². The molecule has 0 spiro atoms. The molecule has 2 rings (SSSR count). The van der Waals surface area contributed by atoms with Crippen molar-refractivity contribution in [3.05, 3.63) is 34.9 Å². The number of carbonyl (C=O) groups is 3. The van der Waals surface area contributed by atoms with Crippen molar-refractivity contribution in [1.29, 1.82) is 0 Å². The molecule has 0 saturated carbocycles. The van der Waals surface area contributed by atoms with Crippen LogP contribution in [0.1, 0.15) is 21.5 Å². The molecule has 0 heterocycles. The number of fused-ring (bicyclic) bond motifs is 1. The standard InChI is InChI=1S/C15H16O6/c1-19-12(16)9-4-5-10-7-15(13(17)20-2,14(18)21-3)8-11(10)6-9/h4-6H,7-8H2,1-3H3. The molecule has 0 aromatic heterocycles. The Kier molecular flexibility index (Phi) is 3.97. The Morgan fingerprint density at radius 3 is 2.00 bits per heavy atom. The van der Waals surface area contributed by atoms with Gasteiger partial charge >= 0.3 is 17.9 Å². The van der Waals surface area contributed by atoms with E-state index in [0.717, 1.165) is 11.1 Å². The number of hydrogen-bond acceptors (Lipinski definition) is 6. The fraction of sp³-hybridized carbons (Fsp3) is 0.400. The molecule has 1 aliphatic carbocycles. The molecule has 6 nitrogen and oxygen atoms in total. The molecule has 112 valence electrons. The molecule has 1 aromatic carbocycles. The average Bonchev–Trinajstić information content (AvgIpc) is 2.91. The SMILES string of the molecule is COC(=O)c1ccc2c(c1)CC(C(=O)OC)(C(=O)OC)C2. The summed E-state index contributed by atoms with van der Waals surface area (Å²) < 4.78 is 14.2. The van der Waals surface area contributed by atoms with E-state index >= 15 is 0 Å². The van der Waals surface area contributed by atoms with Crippen LogP contribution in [0.25, 0.3) is 0 Å². The lowest BCUT2D eigenvalue weighted by molar-refractivity contribution is -0.168. The summed E-state index contributed by atoms with van der Waals surface area (Å²) in [7, 11) is 3.76. The van der Waals surface area contributed by atoms with E-state index in [9.17, 15) is 14.4 Å². The minimum absolute atomic E-state index is 0.145. The topological polar surface area (TPSA) is 78.9 Å². The zero-order valence-electron chi connectivity index (χ0n) is 12.1. The molecule has 6 heteroatoms. The highest BCUT2D eigenvalue weighted by molar-refractivity contribution is 6.01. The molecule has 0 N–H and O–H groups in total. The quantitative estimate of drug-likeness (QED) is 0.468. The predicted molar refractivity (Wildman–Crippen MR) is 71.7 cm³/mol. The molecule has 21 heavy (non-hydrogen) atoms. The normalized spacial score (nSPS) is 15.0. The van der Waals surface area contributed by atoms with Gasteiger partial charge in [0.25, 0.3) is 0 Å². The van der Waals surface area contributed by atoms with E-state index in [1.807, 2.05) is 0 Å². The van der Waals surface area contributed by atoms with Gasteiger partial charge in [-0.15, -0.1) is 0 Å². The highest BCUT2D eigenvalue weighted by Gasteiger charge is 2.52. The van der Waals surface area contributed by atoms with Crippen molar-refractivity contribution in [3.8, 4) is 0 Å². The van der Waals surface area contributed by atoms with Crippen LogP contribution in [0.5, 0.6) is 0 Å². The lowest BCUT2D eigenvalue weighted by atomic mass is 9.85. The Hall–Kier alpha value is -2.37. The summed E-state index contributed by atoms with van der Waals surface area (Å²) in [6.45, 7) is 0. The highest BCUT2D eigenvalue weighted by atomic mass is 16.5. The summed E-state index contributed by atoms with van der Waals surface area (Å²) in [4.78, 5) is 35.7. The number of rotatable bonds is 3. The third-order valence-electron chi connectivity index (χ3n) is 3.76. The fourth-order valence-corrected chi connectivity index (χ4v) is 2.68. The van der Waals surface area contributed by atoms with Crippen molar-refractivity contribution in [3.63, 3.8) is 0 Å². The Balaban J connectivity index is 2.42. The Morgan fingerprint density at radius 1 is 0.905 bits per heavy atom. The summed E-state index contributed by atoms with van der Waals surface area (Å²) in [5.74, 6) is -1.73. The van der Waals surface area contributed by atoms with Crippen LogP contribution in [0, 0.1) is 5.41 Å². The van der Waals surface area contributed by atoms with Gasteiger partial charge in [-0.25, -0.2) is 4.79 Å². The molecule has 0 fully saturated rings. The molecule has 0 unspecified atom stereocenters. The lowest BCUT2D eigenvalue weighted by Gasteiger charge is -2.22. The maximum Gasteiger partial charge on any atom is 0.337 e. The van der Waals surface area contributed by atoms with E-state index in [-0.39, 0.29) is 12.8 Å². The van der Waals surface area contributed by atoms with Crippen LogP contribution in [0.4, 0.5) is 0 Å². The lowest BCUT2D eigenvalue weighted by Crippen LogP contribution is -2.42. The highest BCUT2D eigenvalue weighted by Crippen LogP contribution is 2.39. The minimum atomic E-state index is -1.37. The van der Waals surface area contributed by atoms with Crippen molar-refractivity contribution >= 4 is 17.9 Å². The number of benzene rings is 1. The van der Waals surface area contributed by atoms with Gasteiger partial charge in [0.05, 0.1) is 26.9 Å². The van der Waals surface area contributed by atoms with Gasteiger partial charge in [-0.05, 0) is 36.1 Å². The summed E-state index contributed by atoms with van der Waals surface area (Å²) in [6, 6.07) is 4.96. The first-order chi connectivity index (χ1) is 9.98. The van der Waals surface area contributed by atoms with Crippen LogP contribution in [0.2, 0.25) is 0 Å². The summed E-state index contributed by atoms with van der Waals surface area (Å²) in [5, 5.41) is 0. The summed E-state index contributed by atoms with van der Waals surface area (Å²) in [5.41, 5.74) is 0.564. The average molecular weight is 292 g/mol. The van der Waals surface area contributed by atoms with Crippen LogP contribution in [-0.4, -0.2) is 39.2 Å². The summed E-state index contributed by atoms with van der Waals surface area (Å²) >= 11 is 0. The Morgan fingerprint density at radius 2 is 1.48 bits per heavy atom. The van der Waals surface area contributed by atoms with Gasteiger partial charge in [0.1, 0.15) is 0 Å². The fourth-order valence-electron chi connectivity index (χ4n) is 2.68. The minimum Gasteiger partial charge on any atom is -0.468 e. The smallest absolute Gasteiger partial charge is 0.337 e. The molecule has 0 aliphatic heterocycles. The number of carbonyl (C=O) groups excluding carboxylic acids is 3. The summed E-state index contributed by atoms with van der Waals surface area (Å²) in [6.07, 6.45) is 0.343. The van der Waals surface area contributed by atoms with E-state index in [1.54, 1.807) is 18.2 Å². The first-order valence-electron chi connectivity index (χ1n) is 6.35. The Bertz CT molecular complexity index is 588. The number of ether oxygens (including phenoxy) is 3. The van der Waals surface area contributed by atoms with Gasteiger partial charge < -0.3 is 14.2 Å². The van der Waals surface area contributed by atoms with E-state index in [1.165, 1.54) is 21.3 Å². The van der Waals surface area contributed by atoms with E-state index in [4.69, 9.17) is 9.47 Å². The van der Waals surface area contributed by atoms with Gasteiger partial charge in [0.2, 0.25) is 0 Å². The zero-order valence-corrected chi connectivity index (χ0v) is 12.1. The van der Waals surface area contributed by atoms with Gasteiger partial charge in [-0.1, -0.05) is 6.07 Å². The second kappa shape index (κ2) is 5.55. The first kappa shape index (κ1) is 15.0. The van der Waals surface area contributed by atoms with E-state index in [2.05, 4.69) is 4.74 Å². The molecule has 0 bridgehead atoms. The van der Waals surface area contributed by atoms with Crippen LogP contribution in [0.15, 0.2) is 18.2 Å². The maximum absolute atomic E-state index is 12.1. The maximum atomic E-state index is 12.1. The predicted octanol–water partition coefficient (Wildman–Crippen LogP) is 0.904. The van der Waals surface area contributed by atoms with Crippen molar-refractivity contribution < 1.29 is 28.6 Å². The van der Waals surface area contributed by atoms with Gasteiger partial charge in [0.15, 0.2) is 5.41 Å². The molecular weight excluding hydrogens is 276 g/mol. The van der Waals surface area contributed by atoms with Crippen LogP contribution < -0.4 is 0 Å². The van der Waals surface area contributed by atoms with Crippen molar-refractivity contribution in [1.82, 2.24) is 0 Å². The number of methoxy groups -OCH3 is 3. The molecule has 0 saturated heterocycles. The molecule has 0 amide bonds. The molecule has 1 aliphatic rings. The van der Waals surface area contributed by atoms with E-state index in [0.29, 0.717) is 5.56 Å². The second-order valence-electron chi connectivity index (χ2n) is 4.89. The molecule has 0 radical (unpaired) electrons. The molecule has 1 aromatic rings. The number of esters is 3. The van der Waals surface area contributed by atoms with Crippen molar-refractivity contribution in [2.45, 2.75) is 12.8 Å². The van der Waals surface area contributed by atoms with Gasteiger partial charge in [-0.3, -0.25) is 9.59 Å². The van der Waals surface area contributed by atoms with Crippen molar-refractivity contribution in [2.75, 3.05) is 21.3 Å². The largest absolute Gasteiger partial charge is 0.468 e. The third-order valence-corrected chi connectivity index (χ3v) is 3.76. The molecule has 0 atom stereocenters. The zero-order chi connectivity index (χ0) is 15.6. The second-order valence-corrected chi connectivity index (χ2v) is 4.89. The first-order valence-corrected chi connectivity index (χ1v) is 6.35.